The number of aromatic nitrogens is 1. The number of aromatic amines is 1. The SMILES string of the molecule is Cl.O=C(N[C@@H]1CCCNC1)c1cc([N+](=O)[O-])c[nH]1. The van der Waals surface area contributed by atoms with Crippen LogP contribution >= 0.6 is 12.4 Å². The van der Waals surface area contributed by atoms with Crippen LogP contribution in [0.1, 0.15) is 23.3 Å². The maximum atomic E-state index is 11.8. The van der Waals surface area contributed by atoms with Gasteiger partial charge >= 0.3 is 0 Å². The summed E-state index contributed by atoms with van der Waals surface area (Å²) in [5.74, 6) is -0.299. The van der Waals surface area contributed by atoms with E-state index >= 15 is 0 Å². The van der Waals surface area contributed by atoms with Gasteiger partial charge in [0.15, 0.2) is 0 Å². The Bertz CT molecular complexity index is 429. The molecular formula is C10H15ClN4O3. The van der Waals surface area contributed by atoms with Crippen LogP contribution in [-0.2, 0) is 0 Å². The second-order valence-electron chi connectivity index (χ2n) is 4.05. The third-order valence-electron chi connectivity index (χ3n) is 2.76. The average Bonchev–Trinajstić information content (AvgIpc) is 2.79. The molecule has 1 atom stereocenters. The molecule has 100 valence electrons. The summed E-state index contributed by atoms with van der Waals surface area (Å²) in [6.07, 6.45) is 3.17. The zero-order valence-electron chi connectivity index (χ0n) is 9.64. The normalized spacial score (nSPS) is 18.8. The van der Waals surface area contributed by atoms with Crippen LogP contribution in [0.5, 0.6) is 0 Å². The first-order valence-electron chi connectivity index (χ1n) is 5.51. The predicted octanol–water partition coefficient (Wildman–Crippen LogP) is 0.827. The van der Waals surface area contributed by atoms with Crippen molar-refractivity contribution < 1.29 is 9.72 Å². The third-order valence-corrected chi connectivity index (χ3v) is 2.76. The van der Waals surface area contributed by atoms with Crippen molar-refractivity contribution in [2.24, 2.45) is 0 Å². The molecule has 1 aromatic heterocycles. The summed E-state index contributed by atoms with van der Waals surface area (Å²) in [6, 6.07) is 1.34. The molecule has 1 aliphatic rings. The second kappa shape index (κ2) is 6.36. The fraction of sp³-hybridized carbons (Fsp3) is 0.500. The molecule has 1 saturated heterocycles. The first-order chi connectivity index (χ1) is 8.16. The van der Waals surface area contributed by atoms with E-state index in [1.165, 1.54) is 12.3 Å². The molecule has 8 heteroatoms. The molecule has 0 spiro atoms. The van der Waals surface area contributed by atoms with E-state index in [4.69, 9.17) is 0 Å². The smallest absolute Gasteiger partial charge is 0.287 e. The lowest BCUT2D eigenvalue weighted by Gasteiger charge is -2.23. The lowest BCUT2D eigenvalue weighted by molar-refractivity contribution is -0.384. The molecule has 0 aromatic carbocycles. The molecule has 2 rings (SSSR count). The number of carbonyl (C=O) groups excluding carboxylic acids is 1. The predicted molar refractivity (Wildman–Crippen MR) is 68.1 cm³/mol. The van der Waals surface area contributed by atoms with Crippen LogP contribution < -0.4 is 10.6 Å². The van der Waals surface area contributed by atoms with E-state index in [-0.39, 0.29) is 35.7 Å². The van der Waals surface area contributed by atoms with Crippen LogP contribution in [0.3, 0.4) is 0 Å². The van der Waals surface area contributed by atoms with Gasteiger partial charge in [-0.15, -0.1) is 12.4 Å². The molecule has 1 aromatic rings. The maximum Gasteiger partial charge on any atom is 0.287 e. The van der Waals surface area contributed by atoms with Crippen LogP contribution in [0.15, 0.2) is 12.3 Å². The number of nitrogens with zero attached hydrogens (tertiary/aromatic N) is 1. The van der Waals surface area contributed by atoms with Crippen LogP contribution in [-0.4, -0.2) is 34.9 Å². The van der Waals surface area contributed by atoms with E-state index in [0.717, 1.165) is 25.9 Å². The zero-order valence-corrected chi connectivity index (χ0v) is 10.5. The number of carbonyl (C=O) groups is 1. The highest BCUT2D eigenvalue weighted by molar-refractivity contribution is 5.93. The second-order valence-corrected chi connectivity index (χ2v) is 4.05. The fourth-order valence-electron chi connectivity index (χ4n) is 1.86. The summed E-state index contributed by atoms with van der Waals surface area (Å²) in [5, 5.41) is 16.5. The Labute approximate surface area is 110 Å². The minimum Gasteiger partial charge on any atom is -0.351 e. The molecule has 0 saturated carbocycles. The Balaban J connectivity index is 0.00000162. The van der Waals surface area contributed by atoms with Gasteiger partial charge in [0.25, 0.3) is 11.6 Å². The Morgan fingerprint density at radius 3 is 2.89 bits per heavy atom. The number of halogens is 1. The summed E-state index contributed by atoms with van der Waals surface area (Å²) in [5.41, 5.74) is 0.124. The van der Waals surface area contributed by atoms with Gasteiger partial charge in [-0.2, -0.15) is 0 Å². The Hall–Kier alpha value is -1.60. The molecular weight excluding hydrogens is 260 g/mol. The van der Waals surface area contributed by atoms with Gasteiger partial charge in [0, 0.05) is 18.7 Å². The molecule has 0 bridgehead atoms. The highest BCUT2D eigenvalue weighted by Crippen LogP contribution is 2.12. The van der Waals surface area contributed by atoms with Gasteiger partial charge in [-0.1, -0.05) is 0 Å². The van der Waals surface area contributed by atoms with Crippen LogP contribution in [0, 0.1) is 10.1 Å². The number of hydrogen-bond donors (Lipinski definition) is 3. The summed E-state index contributed by atoms with van der Waals surface area (Å²) >= 11 is 0. The van der Waals surface area contributed by atoms with Crippen molar-refractivity contribution in [1.29, 1.82) is 0 Å². The summed E-state index contributed by atoms with van der Waals surface area (Å²) in [6.45, 7) is 1.72. The van der Waals surface area contributed by atoms with Crippen molar-refractivity contribution in [3.8, 4) is 0 Å². The van der Waals surface area contributed by atoms with Crippen molar-refractivity contribution in [2.75, 3.05) is 13.1 Å². The van der Waals surface area contributed by atoms with Crippen molar-refractivity contribution in [2.45, 2.75) is 18.9 Å². The molecule has 1 amide bonds. The van der Waals surface area contributed by atoms with Gasteiger partial charge in [-0.05, 0) is 19.4 Å². The summed E-state index contributed by atoms with van der Waals surface area (Å²) in [7, 11) is 0. The largest absolute Gasteiger partial charge is 0.351 e. The maximum absolute atomic E-state index is 11.8. The van der Waals surface area contributed by atoms with Gasteiger partial charge < -0.3 is 15.6 Å². The molecule has 18 heavy (non-hydrogen) atoms. The molecule has 3 N–H and O–H groups in total. The number of hydrogen-bond acceptors (Lipinski definition) is 4. The fourth-order valence-corrected chi connectivity index (χ4v) is 1.86. The van der Waals surface area contributed by atoms with E-state index in [0.29, 0.717) is 0 Å². The summed E-state index contributed by atoms with van der Waals surface area (Å²) in [4.78, 5) is 24.3. The standard InChI is InChI=1S/C10H14N4O3.ClH/c15-10(13-7-2-1-3-11-5-7)9-4-8(6-12-9)14(16)17;/h4,6-7,11-12H,1-3,5H2,(H,13,15);1H/t7-;/m1./s1. The van der Waals surface area contributed by atoms with E-state index < -0.39 is 4.92 Å². The lowest BCUT2D eigenvalue weighted by Crippen LogP contribution is -2.45. The molecule has 7 nitrogen and oxygen atoms in total. The number of nitrogens with one attached hydrogen (secondary N) is 3. The van der Waals surface area contributed by atoms with Crippen molar-refractivity contribution in [3.63, 3.8) is 0 Å². The molecule has 1 aliphatic heterocycles. The van der Waals surface area contributed by atoms with Crippen molar-refractivity contribution in [1.82, 2.24) is 15.6 Å². The van der Waals surface area contributed by atoms with Crippen molar-refractivity contribution in [3.05, 3.63) is 28.1 Å². The molecule has 0 aliphatic carbocycles. The Morgan fingerprint density at radius 2 is 2.33 bits per heavy atom. The van der Waals surface area contributed by atoms with Gasteiger partial charge in [0.2, 0.25) is 0 Å². The topological polar surface area (TPSA) is 100 Å². The first-order valence-corrected chi connectivity index (χ1v) is 5.51. The Kier molecular flexibility index (Phi) is 5.11. The Morgan fingerprint density at radius 1 is 1.56 bits per heavy atom. The van der Waals surface area contributed by atoms with Crippen LogP contribution in [0.25, 0.3) is 0 Å². The number of H-pyrrole nitrogens is 1. The highest BCUT2D eigenvalue weighted by Gasteiger charge is 2.19. The summed E-state index contributed by atoms with van der Waals surface area (Å²) < 4.78 is 0. The van der Waals surface area contributed by atoms with Gasteiger partial charge in [-0.25, -0.2) is 0 Å². The van der Waals surface area contributed by atoms with E-state index in [9.17, 15) is 14.9 Å². The average molecular weight is 275 g/mol. The van der Waals surface area contributed by atoms with Crippen LogP contribution in [0.2, 0.25) is 0 Å². The lowest BCUT2D eigenvalue weighted by atomic mass is 10.1. The van der Waals surface area contributed by atoms with E-state index in [1.54, 1.807) is 0 Å². The zero-order chi connectivity index (χ0) is 12.3. The minimum absolute atomic E-state index is 0. The van der Waals surface area contributed by atoms with Crippen LogP contribution in [0.4, 0.5) is 5.69 Å². The number of nitro groups is 1. The number of piperidine rings is 1. The minimum atomic E-state index is -0.532. The quantitative estimate of drug-likeness (QED) is 0.561. The third kappa shape index (κ3) is 3.44. The van der Waals surface area contributed by atoms with Gasteiger partial charge in [0.05, 0.1) is 11.1 Å². The monoisotopic (exact) mass is 274 g/mol. The molecule has 1 fully saturated rings. The number of amides is 1. The molecule has 2 heterocycles. The van der Waals surface area contributed by atoms with Crippen molar-refractivity contribution >= 4 is 24.0 Å². The molecule has 0 unspecified atom stereocenters. The molecule has 0 radical (unpaired) electrons. The number of rotatable bonds is 3. The van der Waals surface area contributed by atoms with E-state index in [2.05, 4.69) is 15.6 Å². The van der Waals surface area contributed by atoms with E-state index in [1.807, 2.05) is 0 Å². The highest BCUT2D eigenvalue weighted by atomic mass is 35.5. The first kappa shape index (κ1) is 14.5. The van der Waals surface area contributed by atoms with Gasteiger partial charge in [-0.3, -0.25) is 14.9 Å². The van der Waals surface area contributed by atoms with Gasteiger partial charge in [0.1, 0.15) is 5.69 Å².